The Balaban J connectivity index is 0.000000342. The van der Waals surface area contributed by atoms with Crippen molar-refractivity contribution in [2.24, 2.45) is 5.73 Å². The monoisotopic (exact) mass is 964 g/mol. The minimum atomic E-state index is -1.22. The normalized spacial score (nSPS) is 19.5. The molecule has 2 aromatic rings. The van der Waals surface area contributed by atoms with Gasteiger partial charge in [0.15, 0.2) is 12.2 Å². The molecule has 4 atom stereocenters. The minimum absolute atomic E-state index is 0. The molecule has 4 fully saturated rings. The lowest BCUT2D eigenvalue weighted by Gasteiger charge is -2.37. The number of aliphatic hydroxyl groups excluding tert-OH is 2. The van der Waals surface area contributed by atoms with Crippen molar-refractivity contribution < 1.29 is 66.7 Å². The number of nitrogens with two attached hydrogens (primary N) is 1. The van der Waals surface area contributed by atoms with Crippen LogP contribution >= 0.6 is 24.8 Å². The smallest absolute Gasteiger partial charge is 0.414 e. The van der Waals surface area contributed by atoms with Gasteiger partial charge in [0.1, 0.15) is 29.4 Å². The molecule has 4 aliphatic heterocycles. The van der Waals surface area contributed by atoms with Gasteiger partial charge in [-0.05, 0) is 57.2 Å². The van der Waals surface area contributed by atoms with Gasteiger partial charge in [-0.1, -0.05) is 0 Å². The summed E-state index contributed by atoms with van der Waals surface area (Å²) in [6, 6.07) is 9.06. The van der Waals surface area contributed by atoms with E-state index >= 15 is 0 Å². The lowest BCUT2D eigenvalue weighted by Crippen LogP contribution is -2.52. The molecule has 5 amide bonds. The molecule has 0 saturated carbocycles. The number of ether oxygens (including phenoxy) is 5. The zero-order chi connectivity index (χ0) is 46.0. The predicted molar refractivity (Wildman–Crippen MR) is 239 cm³/mol. The van der Waals surface area contributed by atoms with E-state index in [0.717, 1.165) is 0 Å². The van der Waals surface area contributed by atoms with Gasteiger partial charge in [-0.15, -0.1) is 24.8 Å². The summed E-state index contributed by atoms with van der Waals surface area (Å²) in [5.41, 5.74) is 6.39. The molecule has 0 aliphatic carbocycles. The molecule has 0 aromatic heterocycles. The summed E-state index contributed by atoms with van der Waals surface area (Å²) in [6.45, 7) is 8.90. The Hall–Kier alpha value is -4.97. The molecule has 65 heavy (non-hydrogen) atoms. The third-order valence-corrected chi connectivity index (χ3v) is 10.5. The summed E-state index contributed by atoms with van der Waals surface area (Å²) in [5.74, 6) is -1.77. The number of piperazine rings is 2. The second kappa shape index (κ2) is 24.5. The third kappa shape index (κ3) is 14.5. The number of halogens is 4. The molecule has 4 heterocycles. The van der Waals surface area contributed by atoms with E-state index in [2.05, 4.69) is 5.32 Å². The molecule has 5 N–H and O–H groups in total. The van der Waals surface area contributed by atoms with Crippen molar-refractivity contribution in [3.8, 4) is 0 Å². The maximum Gasteiger partial charge on any atom is 0.414 e. The van der Waals surface area contributed by atoms with Crippen LogP contribution in [0.2, 0.25) is 0 Å². The van der Waals surface area contributed by atoms with Crippen molar-refractivity contribution in [3.63, 3.8) is 0 Å². The van der Waals surface area contributed by atoms with Gasteiger partial charge in [-0.2, -0.15) is 0 Å². The minimum Gasteiger partial charge on any atom is -0.444 e. The summed E-state index contributed by atoms with van der Waals surface area (Å²) >= 11 is 0. The molecular weight excluding hydrogens is 905 g/mol. The van der Waals surface area contributed by atoms with E-state index in [-0.39, 0.29) is 63.6 Å². The van der Waals surface area contributed by atoms with Crippen LogP contribution in [0.15, 0.2) is 36.4 Å². The zero-order valence-corrected chi connectivity index (χ0v) is 38.6. The molecule has 4 saturated heterocycles. The Labute approximate surface area is 388 Å². The lowest BCUT2D eigenvalue weighted by molar-refractivity contribution is -0.143. The maximum absolute atomic E-state index is 15.0. The first-order valence-electron chi connectivity index (χ1n) is 20.6. The average Bonchev–Trinajstić information content (AvgIpc) is 3.83. The van der Waals surface area contributed by atoms with Crippen molar-refractivity contribution in [3.05, 3.63) is 48.0 Å². The van der Waals surface area contributed by atoms with Crippen LogP contribution in [-0.4, -0.2) is 186 Å². The number of cyclic esters (lactones) is 2. The number of nitrogens with zero attached hydrogens (tertiary/aromatic N) is 6. The highest BCUT2D eigenvalue weighted by Crippen LogP contribution is 2.30. The number of alkyl carbamates (subject to hydrolysis) is 1. The van der Waals surface area contributed by atoms with Gasteiger partial charge >= 0.3 is 18.3 Å². The van der Waals surface area contributed by atoms with E-state index in [4.69, 9.17) is 29.4 Å². The second-order valence-electron chi connectivity index (χ2n) is 16.2. The van der Waals surface area contributed by atoms with E-state index in [0.29, 0.717) is 81.7 Å². The van der Waals surface area contributed by atoms with Gasteiger partial charge in [0, 0.05) is 73.1 Å². The Morgan fingerprint density at radius 1 is 0.738 bits per heavy atom. The quantitative estimate of drug-likeness (QED) is 0.210. The molecule has 2 unspecified atom stereocenters. The number of hydrogen-bond acceptors (Lipinski definition) is 15. The van der Waals surface area contributed by atoms with Crippen molar-refractivity contribution in [2.45, 2.75) is 50.8 Å². The van der Waals surface area contributed by atoms with E-state index in [9.17, 15) is 43.0 Å². The molecule has 0 radical (unpaired) electrons. The number of hydrogen-bond donors (Lipinski definition) is 4. The van der Waals surface area contributed by atoms with Crippen LogP contribution < -0.4 is 30.7 Å². The highest BCUT2D eigenvalue weighted by molar-refractivity contribution is 5.91. The van der Waals surface area contributed by atoms with Crippen molar-refractivity contribution >= 4 is 77.7 Å². The van der Waals surface area contributed by atoms with Gasteiger partial charge in [0.05, 0.1) is 55.6 Å². The molecule has 0 bridgehead atoms. The third-order valence-electron chi connectivity index (χ3n) is 10.5. The highest BCUT2D eigenvalue weighted by atomic mass is 35.5. The fourth-order valence-corrected chi connectivity index (χ4v) is 7.26. The molecular formula is C41H60Cl2F2N8O12. The number of carbonyl (C=O) groups is 5. The highest BCUT2D eigenvalue weighted by Gasteiger charge is 2.35. The van der Waals surface area contributed by atoms with Crippen molar-refractivity contribution in [1.82, 2.24) is 15.1 Å². The molecule has 2 aromatic carbocycles. The summed E-state index contributed by atoms with van der Waals surface area (Å²) in [5, 5.41) is 22.1. The van der Waals surface area contributed by atoms with Crippen LogP contribution in [0.25, 0.3) is 0 Å². The van der Waals surface area contributed by atoms with Gasteiger partial charge in [-0.3, -0.25) is 19.4 Å². The summed E-state index contributed by atoms with van der Waals surface area (Å²) in [4.78, 5) is 69.7. The van der Waals surface area contributed by atoms with Gasteiger partial charge in [-0.25, -0.2) is 23.2 Å². The fraction of sp³-hybridized carbons (Fsp3) is 0.585. The Bertz CT molecular complexity index is 1940. The fourth-order valence-electron chi connectivity index (χ4n) is 7.26. The van der Waals surface area contributed by atoms with Crippen molar-refractivity contribution in [2.75, 3.05) is 126 Å². The number of rotatable bonds is 13. The largest absolute Gasteiger partial charge is 0.444 e. The summed E-state index contributed by atoms with van der Waals surface area (Å²) in [7, 11) is 2.82. The van der Waals surface area contributed by atoms with Crippen LogP contribution in [0, 0.1) is 11.6 Å². The summed E-state index contributed by atoms with van der Waals surface area (Å²) in [6.07, 6.45) is -5.18. The number of methoxy groups -OCH3 is 2. The molecule has 4 aliphatic rings. The molecule has 0 spiro atoms. The zero-order valence-electron chi connectivity index (χ0n) is 37.0. The Morgan fingerprint density at radius 3 is 1.49 bits per heavy atom. The Kier molecular flexibility index (Phi) is 20.5. The second-order valence-corrected chi connectivity index (χ2v) is 16.2. The van der Waals surface area contributed by atoms with Crippen LogP contribution in [0.5, 0.6) is 0 Å². The predicted octanol–water partition coefficient (Wildman–Crippen LogP) is 1.94. The SMILES string of the molecule is COCC(O)C(=O)N1CCN(c2ccc(N3C[C@H](CN)OC3=O)cc2F)CC1.COCC(O)C(=O)N1CCN(c2ccc(N3C[C@H](CNC(=O)OC(C)(C)C)OC3=O)cc2F)CC1.Cl.Cl. The van der Waals surface area contributed by atoms with Crippen LogP contribution in [0.3, 0.4) is 0 Å². The van der Waals surface area contributed by atoms with E-state index in [1.54, 1.807) is 54.8 Å². The van der Waals surface area contributed by atoms with Gasteiger partial charge < -0.3 is 64.5 Å². The number of anilines is 4. The van der Waals surface area contributed by atoms with Gasteiger partial charge in [0.25, 0.3) is 11.8 Å². The number of nitrogens with one attached hydrogen (secondary N) is 1. The van der Waals surface area contributed by atoms with E-state index in [1.807, 2.05) is 4.90 Å². The first kappa shape index (κ1) is 54.4. The van der Waals surface area contributed by atoms with Gasteiger partial charge in [0.2, 0.25) is 0 Å². The average molecular weight is 966 g/mol. The number of amides is 5. The molecule has 6 rings (SSSR count). The lowest BCUT2D eigenvalue weighted by atomic mass is 10.2. The number of aliphatic hydroxyl groups is 2. The summed E-state index contributed by atoms with van der Waals surface area (Å²) < 4.78 is 54.8. The Morgan fingerprint density at radius 2 is 1.14 bits per heavy atom. The standard InChI is InChI=1S/C23H33FN4O7.C18H25FN4O5.2ClH/c1-23(2,3)35-21(31)25-12-16-13-28(22(32)34-16)15-5-6-18(17(24)11-15)26-7-9-27(10-8-26)20(30)19(29)14-33-4;1-27-11-16(24)17(25)22-6-4-21(5-7-22)15-3-2-12(8-14(15)19)23-10-13(9-20)28-18(23)26;;/h5-6,11,16,19,29H,7-10,12-14H2,1-4H3,(H,25,31);2-3,8,13,16,24H,4-7,9-11,20H2,1H3;2*1H/t16-,19?;13-,16?;;/m00../s1. The molecule has 20 nitrogen and oxygen atoms in total. The van der Waals surface area contributed by atoms with Crippen molar-refractivity contribution in [1.29, 1.82) is 0 Å². The molecule has 364 valence electrons. The molecule has 24 heteroatoms. The van der Waals surface area contributed by atoms with Crippen LogP contribution in [0.1, 0.15) is 20.8 Å². The number of benzene rings is 2. The van der Waals surface area contributed by atoms with Crippen LogP contribution in [0.4, 0.5) is 45.9 Å². The first-order chi connectivity index (χ1) is 29.9. The maximum atomic E-state index is 15.0. The van der Waals surface area contributed by atoms with Crippen LogP contribution in [-0.2, 0) is 33.3 Å². The topological polar surface area (TPSA) is 229 Å². The van der Waals surface area contributed by atoms with E-state index in [1.165, 1.54) is 41.1 Å². The number of carbonyl (C=O) groups excluding carboxylic acids is 5. The van der Waals surface area contributed by atoms with E-state index < -0.39 is 65.8 Å². The first-order valence-corrected chi connectivity index (χ1v) is 20.6.